The van der Waals surface area contributed by atoms with E-state index in [-0.39, 0.29) is 31.1 Å². The highest BCUT2D eigenvalue weighted by Crippen LogP contribution is 2.43. The van der Waals surface area contributed by atoms with Gasteiger partial charge in [-0.3, -0.25) is 18.6 Å². The van der Waals surface area contributed by atoms with E-state index in [0.29, 0.717) is 17.4 Å². The summed E-state index contributed by atoms with van der Waals surface area (Å²) in [5.41, 5.74) is 0. The van der Waals surface area contributed by atoms with Crippen LogP contribution >= 0.6 is 7.82 Å². The quantitative estimate of drug-likeness (QED) is 0.0147. The maximum Gasteiger partial charge on any atom is 0.472 e. The van der Waals surface area contributed by atoms with Crippen LogP contribution in [0.15, 0.2) is 60.8 Å². The number of likely N-dealkylation sites (N-methyl/N-ethyl adjacent to an activating group) is 1. The Balaban J connectivity index is 4.74. The number of carbonyl (C=O) groups excluding carboxylic acids is 2. The lowest BCUT2D eigenvalue weighted by molar-refractivity contribution is -0.870. The number of quaternary nitrogens is 1. The van der Waals surface area contributed by atoms with Crippen molar-refractivity contribution in [2.45, 2.75) is 154 Å². The highest BCUT2D eigenvalue weighted by Gasteiger charge is 2.27. The fourth-order valence-corrected chi connectivity index (χ4v) is 5.90. The van der Waals surface area contributed by atoms with Gasteiger partial charge in [-0.25, -0.2) is 4.57 Å². The number of aliphatic hydroxyl groups excluding tert-OH is 1. The maximum absolute atomic E-state index is 12.8. The van der Waals surface area contributed by atoms with Crippen LogP contribution in [0.4, 0.5) is 0 Å². The van der Waals surface area contributed by atoms with Crippen molar-refractivity contribution in [3.05, 3.63) is 60.8 Å². The van der Waals surface area contributed by atoms with Crippen molar-refractivity contribution in [3.63, 3.8) is 0 Å². The second kappa shape index (κ2) is 33.4. The molecule has 0 aromatic carbocycles. The van der Waals surface area contributed by atoms with Gasteiger partial charge in [-0.2, -0.15) is 0 Å². The van der Waals surface area contributed by atoms with Crippen molar-refractivity contribution in [2.24, 2.45) is 0 Å². The predicted molar refractivity (Wildman–Crippen MR) is 217 cm³/mol. The predicted octanol–water partition coefficient (Wildman–Crippen LogP) is 9.86. The normalized spacial score (nSPS) is 15.1. The first kappa shape index (κ1) is 49.9. The third kappa shape index (κ3) is 34.9. The molecule has 0 heterocycles. The zero-order valence-corrected chi connectivity index (χ0v) is 34.4. The average molecular weight is 752 g/mol. The first-order chi connectivity index (χ1) is 24.9. The Kier molecular flexibility index (Phi) is 32.1. The highest BCUT2D eigenvalue weighted by atomic mass is 31.2. The number of nitrogens with one attached hydrogen (secondary N) is 1. The molecule has 300 valence electrons. The standard InChI is InChI=1S/C42H75N2O7P/c1-6-8-10-12-14-16-18-20-21-23-25-27-29-32-39(45)33-31-35-42(47)43-40(38-51-52(48,49)50-37-36-44(3,4)5)41(46)34-30-28-26-24-22-19-17-15-13-11-9-7-2/h14,16,20-21,25,27,29-30,32,34,40-41,46H,6-13,15,17-19,22-24,26,28,31,33,35-38H2,1-5H3,(H-,43,47,48,49)/p+1/b16-14-,21-20-,27-25-,32-29+,34-30+/t40-,41+/m0/s1. The third-order valence-electron chi connectivity index (χ3n) is 8.46. The molecule has 52 heavy (non-hydrogen) atoms. The summed E-state index contributed by atoms with van der Waals surface area (Å²) in [5, 5.41) is 13.6. The molecule has 0 spiro atoms. The molecule has 1 unspecified atom stereocenters. The molecular weight excluding hydrogens is 675 g/mol. The summed E-state index contributed by atoms with van der Waals surface area (Å²) in [6.45, 7) is 4.55. The molecule has 1 amide bonds. The molecule has 0 saturated carbocycles. The first-order valence-corrected chi connectivity index (χ1v) is 21.6. The molecule has 0 saturated heterocycles. The summed E-state index contributed by atoms with van der Waals surface area (Å²) in [5.74, 6) is -0.461. The topological polar surface area (TPSA) is 122 Å². The summed E-state index contributed by atoms with van der Waals surface area (Å²) < 4.78 is 23.3. The van der Waals surface area contributed by atoms with Gasteiger partial charge in [0.05, 0.1) is 39.9 Å². The molecule has 0 aromatic heterocycles. The molecule has 0 radical (unpaired) electrons. The van der Waals surface area contributed by atoms with E-state index in [2.05, 4.69) is 43.5 Å². The van der Waals surface area contributed by atoms with E-state index in [0.717, 1.165) is 38.5 Å². The van der Waals surface area contributed by atoms with Crippen LogP contribution in [0.5, 0.6) is 0 Å². The van der Waals surface area contributed by atoms with Crippen molar-refractivity contribution in [2.75, 3.05) is 40.9 Å². The molecule has 0 aliphatic rings. The van der Waals surface area contributed by atoms with Crippen molar-refractivity contribution in [1.82, 2.24) is 5.32 Å². The fraction of sp³-hybridized carbons (Fsp3) is 0.714. The molecule has 3 N–H and O–H groups in total. The van der Waals surface area contributed by atoms with E-state index in [9.17, 15) is 24.2 Å². The molecule has 0 aliphatic heterocycles. The highest BCUT2D eigenvalue weighted by molar-refractivity contribution is 7.47. The molecule has 0 bridgehead atoms. The monoisotopic (exact) mass is 752 g/mol. The summed E-state index contributed by atoms with van der Waals surface area (Å²) >= 11 is 0. The van der Waals surface area contributed by atoms with Gasteiger partial charge in [-0.1, -0.05) is 139 Å². The second-order valence-corrected chi connectivity index (χ2v) is 16.1. The first-order valence-electron chi connectivity index (χ1n) is 20.1. The van der Waals surface area contributed by atoms with Gasteiger partial charge in [0.2, 0.25) is 5.91 Å². The molecular formula is C42H76N2O7P+. The lowest BCUT2D eigenvalue weighted by Crippen LogP contribution is -2.45. The molecule has 0 aromatic rings. The van der Waals surface area contributed by atoms with Crippen LogP contribution in [0.1, 0.15) is 142 Å². The molecule has 0 aliphatic carbocycles. The second-order valence-electron chi connectivity index (χ2n) is 14.7. The number of phosphoric acid groups is 1. The SMILES string of the molecule is CCCCC/C=C\C/C=C\C/C=C\C=C\C(=O)CCCC(=O)N[C@@H](COP(=O)(O)OCC[N+](C)(C)C)[C@H](O)/C=C/CCCCCCCCCCCC. The third-order valence-corrected chi connectivity index (χ3v) is 9.44. The summed E-state index contributed by atoms with van der Waals surface area (Å²) in [7, 11) is 1.41. The number of amides is 1. The van der Waals surface area contributed by atoms with Crippen LogP contribution in [-0.2, 0) is 23.2 Å². The van der Waals surface area contributed by atoms with Crippen LogP contribution in [-0.4, -0.2) is 79.2 Å². The number of hydrogen-bond acceptors (Lipinski definition) is 6. The molecule has 10 heteroatoms. The van der Waals surface area contributed by atoms with Crippen molar-refractivity contribution < 1.29 is 37.7 Å². The Morgan fingerprint density at radius 3 is 1.92 bits per heavy atom. The molecule has 3 atom stereocenters. The van der Waals surface area contributed by atoms with Gasteiger partial charge in [-0.05, 0) is 51.0 Å². The largest absolute Gasteiger partial charge is 0.472 e. The number of phosphoric ester groups is 1. The smallest absolute Gasteiger partial charge is 0.387 e. The van der Waals surface area contributed by atoms with E-state index in [4.69, 9.17) is 9.05 Å². The number of aliphatic hydroxyl groups is 1. The number of ketones is 1. The van der Waals surface area contributed by atoms with Gasteiger partial charge < -0.3 is 19.8 Å². The lowest BCUT2D eigenvalue weighted by Gasteiger charge is -2.25. The maximum atomic E-state index is 12.8. The zero-order chi connectivity index (χ0) is 38.8. The number of unbranched alkanes of at least 4 members (excludes halogenated alkanes) is 13. The number of allylic oxidation sites excluding steroid dienone is 9. The van der Waals surface area contributed by atoms with E-state index in [1.54, 1.807) is 12.2 Å². The van der Waals surface area contributed by atoms with Gasteiger partial charge in [0, 0.05) is 12.8 Å². The van der Waals surface area contributed by atoms with Crippen LogP contribution in [0.3, 0.4) is 0 Å². The molecule has 0 fully saturated rings. The molecule has 0 rings (SSSR count). The number of nitrogens with zero attached hydrogens (tertiary/aromatic N) is 1. The van der Waals surface area contributed by atoms with E-state index in [1.807, 2.05) is 39.4 Å². The molecule has 9 nitrogen and oxygen atoms in total. The van der Waals surface area contributed by atoms with E-state index < -0.39 is 26.6 Å². The van der Waals surface area contributed by atoms with E-state index >= 15 is 0 Å². The van der Waals surface area contributed by atoms with Crippen LogP contribution in [0.2, 0.25) is 0 Å². The van der Waals surface area contributed by atoms with Gasteiger partial charge >= 0.3 is 7.82 Å². The van der Waals surface area contributed by atoms with Gasteiger partial charge in [0.15, 0.2) is 5.78 Å². The number of hydrogen-bond donors (Lipinski definition) is 3. The Morgan fingerprint density at radius 1 is 0.712 bits per heavy atom. The van der Waals surface area contributed by atoms with Crippen LogP contribution in [0.25, 0.3) is 0 Å². The number of rotatable bonds is 35. The van der Waals surface area contributed by atoms with Crippen molar-refractivity contribution in [3.8, 4) is 0 Å². The Labute approximate surface area is 317 Å². The minimum atomic E-state index is -4.40. The average Bonchev–Trinajstić information content (AvgIpc) is 3.08. The Morgan fingerprint density at radius 2 is 1.27 bits per heavy atom. The summed E-state index contributed by atoms with van der Waals surface area (Å²) in [6.07, 6.45) is 38.5. The van der Waals surface area contributed by atoms with Gasteiger partial charge in [0.25, 0.3) is 0 Å². The Hall–Kier alpha value is -2.13. The number of carbonyl (C=O) groups is 2. The lowest BCUT2D eigenvalue weighted by atomic mass is 10.1. The van der Waals surface area contributed by atoms with Crippen molar-refractivity contribution in [1.29, 1.82) is 0 Å². The zero-order valence-electron chi connectivity index (χ0n) is 33.5. The summed E-state index contributed by atoms with van der Waals surface area (Å²) in [6, 6.07) is -0.962. The van der Waals surface area contributed by atoms with Gasteiger partial charge in [-0.15, -0.1) is 0 Å². The Bertz CT molecular complexity index is 1090. The van der Waals surface area contributed by atoms with Crippen LogP contribution in [0, 0.1) is 0 Å². The van der Waals surface area contributed by atoms with Crippen LogP contribution < -0.4 is 5.32 Å². The van der Waals surface area contributed by atoms with Crippen molar-refractivity contribution >= 4 is 19.5 Å². The fourth-order valence-electron chi connectivity index (χ4n) is 5.17. The van der Waals surface area contributed by atoms with Gasteiger partial charge in [0.1, 0.15) is 13.2 Å². The minimum Gasteiger partial charge on any atom is -0.387 e. The minimum absolute atomic E-state index is 0.0159. The summed E-state index contributed by atoms with van der Waals surface area (Å²) in [4.78, 5) is 35.3. The van der Waals surface area contributed by atoms with E-state index in [1.165, 1.54) is 76.7 Å².